The molecule has 0 bridgehead atoms. The molecule has 0 amide bonds. The Morgan fingerprint density at radius 1 is 1.07 bits per heavy atom. The fourth-order valence-corrected chi connectivity index (χ4v) is 8.90. The van der Waals surface area contributed by atoms with Gasteiger partial charge in [-0.25, -0.2) is 16.8 Å². The van der Waals surface area contributed by atoms with Gasteiger partial charge in [0.25, 0.3) is 10.0 Å². The van der Waals surface area contributed by atoms with Crippen LogP contribution in [0, 0.1) is 0 Å². The molecule has 1 fully saturated rings. The molecule has 1 aromatic carbocycles. The first-order valence-corrected chi connectivity index (χ1v) is 16.4. The van der Waals surface area contributed by atoms with E-state index in [0.29, 0.717) is 12.6 Å². The van der Waals surface area contributed by atoms with Crippen LogP contribution in [0.25, 0.3) is 0 Å². The van der Waals surface area contributed by atoms with E-state index in [1.807, 2.05) is 0 Å². The van der Waals surface area contributed by atoms with Gasteiger partial charge in [-0.3, -0.25) is 4.98 Å². The first-order valence-electron chi connectivity index (χ1n) is 12.7. The van der Waals surface area contributed by atoms with Crippen molar-refractivity contribution in [2.45, 2.75) is 53.7 Å². The lowest BCUT2D eigenvalue weighted by Crippen LogP contribution is -2.59. The van der Waals surface area contributed by atoms with E-state index >= 15 is 0 Å². The number of sulfonamides is 2. The molecule has 1 N–H and O–H groups in total. The van der Waals surface area contributed by atoms with E-state index in [1.54, 1.807) is 30.2 Å². The fourth-order valence-electron chi connectivity index (χ4n) is 4.65. The molecule has 15 heteroatoms. The van der Waals surface area contributed by atoms with Gasteiger partial charge in [-0.05, 0) is 62.0 Å². The smallest absolute Gasteiger partial charge is 0.376 e. The van der Waals surface area contributed by atoms with Crippen LogP contribution in [0.3, 0.4) is 0 Å². The molecule has 0 aliphatic carbocycles. The van der Waals surface area contributed by atoms with E-state index < -0.39 is 43.9 Å². The summed E-state index contributed by atoms with van der Waals surface area (Å²) in [7, 11) is -7.88. The Bertz CT molecular complexity index is 1530. The van der Waals surface area contributed by atoms with Crippen LogP contribution in [0.1, 0.15) is 26.3 Å². The molecule has 0 radical (unpaired) electrons. The number of thiophene rings is 1. The molecular formula is C26H31F3N4O5S3. The van der Waals surface area contributed by atoms with Crippen LogP contribution in [-0.4, -0.2) is 80.0 Å². The number of pyridine rings is 1. The standard InChI is InChI=1S/C26H31F3N4O5S3/c1-19(2)33(40(35,36)23-6-4-12-30-16-23)18-22-17-31(41(37,38)24-7-5-15-39-24)13-14-32(22)21-10-8-20(9-11-21)25(3,34)26(27,28)29/h4-12,15-16,19,22,34H,13-14,17-18H2,1-3H3/t22-,25-/m1/s1. The van der Waals surface area contributed by atoms with E-state index in [1.165, 1.54) is 63.5 Å². The molecule has 0 unspecified atom stereocenters. The summed E-state index contributed by atoms with van der Waals surface area (Å²) >= 11 is 1.08. The molecule has 1 saturated heterocycles. The minimum absolute atomic E-state index is 0.0159. The minimum Gasteiger partial charge on any atom is -0.376 e. The minimum atomic E-state index is -4.89. The molecule has 41 heavy (non-hydrogen) atoms. The summed E-state index contributed by atoms with van der Waals surface area (Å²) in [6, 6.07) is 10.0. The average Bonchev–Trinajstić information content (AvgIpc) is 3.47. The number of benzene rings is 1. The van der Waals surface area contributed by atoms with Crippen LogP contribution in [-0.2, 0) is 25.6 Å². The maximum Gasteiger partial charge on any atom is 0.421 e. The van der Waals surface area contributed by atoms with Crippen molar-refractivity contribution in [3.63, 3.8) is 0 Å². The first-order chi connectivity index (χ1) is 19.1. The summed E-state index contributed by atoms with van der Waals surface area (Å²) < 4.78 is 96.9. The Balaban J connectivity index is 1.71. The number of alkyl halides is 3. The molecule has 0 spiro atoms. The van der Waals surface area contributed by atoms with E-state index in [9.17, 15) is 35.1 Å². The van der Waals surface area contributed by atoms with E-state index in [4.69, 9.17) is 0 Å². The van der Waals surface area contributed by atoms with Crippen LogP contribution in [0.5, 0.6) is 0 Å². The van der Waals surface area contributed by atoms with E-state index in [-0.39, 0.29) is 40.8 Å². The van der Waals surface area contributed by atoms with Gasteiger partial charge in [0, 0.05) is 50.3 Å². The second kappa shape index (κ2) is 11.6. The Morgan fingerprint density at radius 3 is 2.29 bits per heavy atom. The van der Waals surface area contributed by atoms with Gasteiger partial charge in [-0.15, -0.1) is 11.3 Å². The van der Waals surface area contributed by atoms with Crippen LogP contribution < -0.4 is 4.90 Å². The molecule has 224 valence electrons. The van der Waals surface area contributed by atoms with Crippen molar-refractivity contribution in [2.24, 2.45) is 0 Å². The number of piperazine rings is 1. The van der Waals surface area contributed by atoms with Crippen molar-refractivity contribution < 1.29 is 35.1 Å². The predicted molar refractivity (Wildman–Crippen MR) is 150 cm³/mol. The molecule has 4 rings (SSSR count). The topological polar surface area (TPSA) is 111 Å². The average molecular weight is 633 g/mol. The summed E-state index contributed by atoms with van der Waals surface area (Å²) in [6.45, 7) is 4.15. The van der Waals surface area contributed by atoms with Crippen molar-refractivity contribution >= 4 is 37.1 Å². The number of hydrogen-bond acceptors (Lipinski definition) is 8. The van der Waals surface area contributed by atoms with Crippen molar-refractivity contribution in [1.82, 2.24) is 13.6 Å². The van der Waals surface area contributed by atoms with Gasteiger partial charge in [-0.1, -0.05) is 18.2 Å². The summed E-state index contributed by atoms with van der Waals surface area (Å²) in [6.07, 6.45) is -2.20. The Morgan fingerprint density at radius 2 is 1.76 bits per heavy atom. The number of rotatable bonds is 9. The second-order valence-electron chi connectivity index (χ2n) is 10.1. The highest BCUT2D eigenvalue weighted by Crippen LogP contribution is 2.39. The monoisotopic (exact) mass is 632 g/mol. The number of nitrogens with zero attached hydrogens (tertiary/aromatic N) is 4. The molecule has 1 aliphatic heterocycles. The number of aliphatic hydroxyl groups is 1. The second-order valence-corrected chi connectivity index (χ2v) is 15.1. The van der Waals surface area contributed by atoms with Crippen molar-refractivity contribution in [3.05, 3.63) is 71.9 Å². The zero-order valence-corrected chi connectivity index (χ0v) is 25.0. The Hall–Kier alpha value is -2.56. The molecule has 9 nitrogen and oxygen atoms in total. The fraction of sp³-hybridized carbons (Fsp3) is 0.423. The third-order valence-electron chi connectivity index (χ3n) is 7.06. The lowest BCUT2D eigenvalue weighted by Gasteiger charge is -2.44. The summed E-state index contributed by atoms with van der Waals surface area (Å²) in [5.74, 6) is 0. The number of hydrogen-bond donors (Lipinski definition) is 1. The molecular weight excluding hydrogens is 602 g/mol. The summed E-state index contributed by atoms with van der Waals surface area (Å²) in [5, 5.41) is 11.7. The summed E-state index contributed by atoms with van der Waals surface area (Å²) in [4.78, 5) is 5.69. The van der Waals surface area contributed by atoms with Gasteiger partial charge >= 0.3 is 6.18 Å². The van der Waals surface area contributed by atoms with Gasteiger partial charge in [0.05, 0.1) is 6.04 Å². The van der Waals surface area contributed by atoms with Crippen LogP contribution in [0.2, 0.25) is 0 Å². The Kier molecular flexibility index (Phi) is 8.88. The van der Waals surface area contributed by atoms with Crippen molar-refractivity contribution in [2.75, 3.05) is 31.1 Å². The van der Waals surface area contributed by atoms with Crippen LogP contribution in [0.4, 0.5) is 18.9 Å². The summed E-state index contributed by atoms with van der Waals surface area (Å²) in [5.41, 5.74) is -2.95. The lowest BCUT2D eigenvalue weighted by atomic mass is 9.95. The number of aromatic nitrogens is 1. The highest BCUT2D eigenvalue weighted by Gasteiger charge is 2.51. The normalized spacial score (nSPS) is 19.0. The van der Waals surface area contributed by atoms with E-state index in [0.717, 1.165) is 11.3 Å². The number of anilines is 1. The molecule has 1 aliphatic rings. The largest absolute Gasteiger partial charge is 0.421 e. The number of halogens is 3. The van der Waals surface area contributed by atoms with Crippen molar-refractivity contribution in [1.29, 1.82) is 0 Å². The van der Waals surface area contributed by atoms with Gasteiger partial charge in [0.15, 0.2) is 5.60 Å². The maximum absolute atomic E-state index is 13.6. The SMILES string of the molecule is CC(C)N(C[C@H]1CN(S(=O)(=O)c2cccs2)CCN1c1ccc([C@@](C)(O)C(F)(F)F)cc1)S(=O)(=O)c1cccnc1. The molecule has 0 saturated carbocycles. The zero-order valence-electron chi connectivity index (χ0n) is 22.6. The lowest BCUT2D eigenvalue weighted by molar-refractivity contribution is -0.258. The van der Waals surface area contributed by atoms with Crippen LogP contribution >= 0.6 is 11.3 Å². The van der Waals surface area contributed by atoms with Gasteiger partial charge in [0.1, 0.15) is 9.10 Å². The zero-order chi connectivity index (χ0) is 30.2. The highest BCUT2D eigenvalue weighted by molar-refractivity contribution is 7.91. The molecule has 3 heterocycles. The molecule has 2 aromatic heterocycles. The van der Waals surface area contributed by atoms with E-state index in [2.05, 4.69) is 4.98 Å². The Labute approximate surface area is 242 Å². The van der Waals surface area contributed by atoms with Gasteiger partial charge in [-0.2, -0.15) is 21.8 Å². The third kappa shape index (κ3) is 6.29. The quantitative estimate of drug-likeness (QED) is 0.381. The highest BCUT2D eigenvalue weighted by atomic mass is 32.2. The van der Waals surface area contributed by atoms with Crippen molar-refractivity contribution in [3.8, 4) is 0 Å². The van der Waals surface area contributed by atoms with Gasteiger partial charge in [0.2, 0.25) is 10.0 Å². The molecule has 3 aromatic rings. The first kappa shape index (κ1) is 31.4. The van der Waals surface area contributed by atoms with Gasteiger partial charge < -0.3 is 10.0 Å². The third-order valence-corrected chi connectivity index (χ3v) is 12.3. The predicted octanol–water partition coefficient (Wildman–Crippen LogP) is 3.89. The maximum atomic E-state index is 13.6. The van der Waals surface area contributed by atoms with Crippen LogP contribution in [0.15, 0.2) is 75.4 Å². The molecule has 2 atom stereocenters.